The Bertz CT molecular complexity index is 1110. The summed E-state index contributed by atoms with van der Waals surface area (Å²) in [5.74, 6) is 3.10. The van der Waals surface area contributed by atoms with Crippen molar-refractivity contribution in [1.29, 1.82) is 5.26 Å². The molecule has 37 heavy (non-hydrogen) atoms. The monoisotopic (exact) mass is 506 g/mol. The van der Waals surface area contributed by atoms with E-state index in [1.54, 1.807) is 13.3 Å². The van der Waals surface area contributed by atoms with Crippen molar-refractivity contribution in [2.24, 2.45) is 17.8 Å². The van der Waals surface area contributed by atoms with Crippen molar-refractivity contribution >= 4 is 17.9 Å². The Balaban J connectivity index is 1.36. The number of rotatable bonds is 8. The molecule has 1 heterocycles. The highest BCUT2D eigenvalue weighted by atomic mass is 16.6. The fourth-order valence-electron chi connectivity index (χ4n) is 5.66. The molecule has 3 N–H and O–H groups in total. The lowest BCUT2D eigenvalue weighted by molar-refractivity contribution is 0.0324. The molecule has 2 aromatic rings. The highest BCUT2D eigenvalue weighted by molar-refractivity contribution is 5.68. The van der Waals surface area contributed by atoms with Crippen LogP contribution in [0.4, 0.5) is 16.6 Å². The summed E-state index contributed by atoms with van der Waals surface area (Å²) in [4.78, 5) is 21.3. The second kappa shape index (κ2) is 11.7. The Morgan fingerprint density at radius 1 is 1.16 bits per heavy atom. The molecule has 1 aromatic carbocycles. The van der Waals surface area contributed by atoms with Gasteiger partial charge in [-0.1, -0.05) is 24.6 Å². The van der Waals surface area contributed by atoms with Gasteiger partial charge in [-0.25, -0.2) is 9.78 Å². The van der Waals surface area contributed by atoms with E-state index in [0.29, 0.717) is 41.6 Å². The maximum Gasteiger partial charge on any atom is 0.407 e. The van der Waals surface area contributed by atoms with Crippen molar-refractivity contribution in [2.45, 2.75) is 71.1 Å². The molecule has 0 spiro atoms. The van der Waals surface area contributed by atoms with Crippen LogP contribution >= 0.6 is 0 Å². The number of hydrogen-bond donors (Lipinski definition) is 3. The van der Waals surface area contributed by atoms with Crippen LogP contribution in [0.2, 0.25) is 0 Å². The molecule has 0 aliphatic heterocycles. The van der Waals surface area contributed by atoms with Crippen molar-refractivity contribution in [1.82, 2.24) is 15.3 Å². The quantitative estimate of drug-likeness (QED) is 0.452. The summed E-state index contributed by atoms with van der Waals surface area (Å²) in [6.45, 7) is 6.89. The van der Waals surface area contributed by atoms with Gasteiger partial charge in [0.1, 0.15) is 28.8 Å². The SMILES string of the molecule is COc1ccccc1CNc1ncc(C#N)c(NCC2C[C@H]3CCC[C@@H](C2)[C@@H]3NC(=O)OC(C)(C)C)n1. The third kappa shape index (κ3) is 7.03. The Kier molecular flexibility index (Phi) is 8.37. The number of anilines is 2. The molecular formula is C28H38N6O3. The number of ether oxygens (including phenoxy) is 2. The summed E-state index contributed by atoms with van der Waals surface area (Å²) in [5, 5.41) is 19.4. The molecule has 2 aliphatic rings. The molecule has 4 atom stereocenters. The highest BCUT2D eigenvalue weighted by Gasteiger charge is 2.41. The minimum atomic E-state index is -0.503. The first-order chi connectivity index (χ1) is 17.8. The molecule has 4 rings (SSSR count). The van der Waals surface area contributed by atoms with Gasteiger partial charge >= 0.3 is 6.09 Å². The number of hydrogen-bond acceptors (Lipinski definition) is 8. The molecule has 0 radical (unpaired) electrons. The summed E-state index contributed by atoms with van der Waals surface area (Å²) in [5.41, 5.74) is 0.913. The molecule has 0 saturated heterocycles. The zero-order chi connectivity index (χ0) is 26.4. The first-order valence-electron chi connectivity index (χ1n) is 13.1. The van der Waals surface area contributed by atoms with E-state index < -0.39 is 5.60 Å². The number of nitriles is 1. The molecule has 9 heteroatoms. The summed E-state index contributed by atoms with van der Waals surface area (Å²) in [6.07, 6.45) is 6.71. The van der Waals surface area contributed by atoms with E-state index in [1.807, 2.05) is 45.0 Å². The minimum Gasteiger partial charge on any atom is -0.496 e. The molecule has 2 fully saturated rings. The van der Waals surface area contributed by atoms with Crippen LogP contribution in [0.5, 0.6) is 5.75 Å². The van der Waals surface area contributed by atoms with Crippen LogP contribution in [-0.4, -0.2) is 41.4 Å². The number of nitrogens with one attached hydrogen (secondary N) is 3. The molecule has 9 nitrogen and oxygen atoms in total. The maximum absolute atomic E-state index is 12.4. The van der Waals surface area contributed by atoms with Gasteiger partial charge in [-0.2, -0.15) is 10.2 Å². The molecule has 1 amide bonds. The van der Waals surface area contributed by atoms with Gasteiger partial charge in [0.2, 0.25) is 5.95 Å². The Morgan fingerprint density at radius 3 is 2.57 bits per heavy atom. The van der Waals surface area contributed by atoms with Crippen molar-refractivity contribution < 1.29 is 14.3 Å². The summed E-state index contributed by atoms with van der Waals surface area (Å²) in [7, 11) is 1.65. The average molecular weight is 507 g/mol. The zero-order valence-electron chi connectivity index (χ0n) is 22.2. The van der Waals surface area contributed by atoms with Crippen molar-refractivity contribution in [2.75, 3.05) is 24.3 Å². The molecule has 198 valence electrons. The molecule has 1 aromatic heterocycles. The Hall–Kier alpha value is -3.54. The van der Waals surface area contributed by atoms with Gasteiger partial charge in [0.15, 0.2) is 0 Å². The van der Waals surface area contributed by atoms with Crippen LogP contribution in [0, 0.1) is 29.1 Å². The predicted molar refractivity (Wildman–Crippen MR) is 142 cm³/mol. The van der Waals surface area contributed by atoms with Crippen molar-refractivity contribution in [3.05, 3.63) is 41.6 Å². The van der Waals surface area contributed by atoms with E-state index in [2.05, 4.69) is 32.0 Å². The van der Waals surface area contributed by atoms with Crippen molar-refractivity contribution in [3.8, 4) is 11.8 Å². The van der Waals surface area contributed by atoms with Crippen LogP contribution in [0.1, 0.15) is 64.0 Å². The van der Waals surface area contributed by atoms with Crippen LogP contribution in [-0.2, 0) is 11.3 Å². The zero-order valence-corrected chi connectivity index (χ0v) is 22.2. The van der Waals surface area contributed by atoms with E-state index in [-0.39, 0.29) is 12.1 Å². The van der Waals surface area contributed by atoms with Crippen molar-refractivity contribution in [3.63, 3.8) is 0 Å². The number of amides is 1. The lowest BCUT2D eigenvalue weighted by Gasteiger charge is -2.46. The number of benzene rings is 1. The summed E-state index contributed by atoms with van der Waals surface area (Å²) >= 11 is 0. The number of aromatic nitrogens is 2. The first kappa shape index (κ1) is 26.5. The topological polar surface area (TPSA) is 121 Å². The van der Waals surface area contributed by atoms with Gasteiger partial charge in [-0.05, 0) is 70.3 Å². The number of carbonyl (C=O) groups is 1. The van der Waals surface area contributed by atoms with Gasteiger partial charge in [0.25, 0.3) is 0 Å². The molecule has 1 unspecified atom stereocenters. The Labute approximate surface area is 219 Å². The second-order valence-corrected chi connectivity index (χ2v) is 11.1. The van der Waals surface area contributed by atoms with E-state index in [1.165, 1.54) is 6.42 Å². The second-order valence-electron chi connectivity index (χ2n) is 11.1. The minimum absolute atomic E-state index is 0.166. The smallest absolute Gasteiger partial charge is 0.407 e. The first-order valence-corrected chi connectivity index (χ1v) is 13.1. The van der Waals surface area contributed by atoms with Crippen LogP contribution < -0.4 is 20.7 Å². The summed E-state index contributed by atoms with van der Waals surface area (Å²) in [6, 6.07) is 10.1. The fourth-order valence-corrected chi connectivity index (χ4v) is 5.66. The third-order valence-electron chi connectivity index (χ3n) is 7.22. The fraction of sp³-hybridized carbons (Fsp3) is 0.571. The number of alkyl carbamates (subject to hydrolysis) is 1. The Morgan fingerprint density at radius 2 is 1.89 bits per heavy atom. The standard InChI is InChI=1S/C28H38N6O3/c1-28(2,3)37-27(35)33-24-19-9-7-10-20(24)13-18(12-19)15-30-25-22(14-29)17-32-26(34-25)31-16-21-8-5-6-11-23(21)36-4/h5-6,8,11,17-20,24H,7,9-10,12-13,15-16H2,1-4H3,(H,33,35)(H2,30,31,32,34)/t18?,19-,20+,24-. The number of methoxy groups -OCH3 is 1. The van der Waals surface area contributed by atoms with Gasteiger partial charge in [0, 0.05) is 24.7 Å². The highest BCUT2D eigenvalue weighted by Crippen LogP contribution is 2.43. The normalized spacial score (nSPS) is 22.9. The maximum atomic E-state index is 12.4. The molecule has 2 bridgehead atoms. The van der Waals surface area contributed by atoms with Gasteiger partial charge in [-0.15, -0.1) is 0 Å². The number of para-hydroxylation sites is 1. The van der Waals surface area contributed by atoms with Crippen LogP contribution in [0.25, 0.3) is 0 Å². The van der Waals surface area contributed by atoms with Gasteiger partial charge in [-0.3, -0.25) is 0 Å². The van der Waals surface area contributed by atoms with E-state index >= 15 is 0 Å². The summed E-state index contributed by atoms with van der Waals surface area (Å²) < 4.78 is 10.9. The third-order valence-corrected chi connectivity index (χ3v) is 7.22. The van der Waals surface area contributed by atoms with Crippen LogP contribution in [0.15, 0.2) is 30.5 Å². The molecule has 2 aliphatic carbocycles. The molecular weight excluding hydrogens is 468 g/mol. The van der Waals surface area contributed by atoms with E-state index in [4.69, 9.17) is 9.47 Å². The average Bonchev–Trinajstić information content (AvgIpc) is 2.85. The van der Waals surface area contributed by atoms with E-state index in [9.17, 15) is 10.1 Å². The predicted octanol–water partition coefficient (Wildman–Crippen LogP) is 5.10. The van der Waals surface area contributed by atoms with Gasteiger partial charge < -0.3 is 25.4 Å². The van der Waals surface area contributed by atoms with Gasteiger partial charge in [0.05, 0.1) is 13.3 Å². The lowest BCUT2D eigenvalue weighted by atomic mass is 9.64. The number of carbonyl (C=O) groups excluding carboxylic acids is 1. The number of fused-ring (bicyclic) bond motifs is 2. The largest absolute Gasteiger partial charge is 0.496 e. The number of nitrogens with zero attached hydrogens (tertiary/aromatic N) is 3. The van der Waals surface area contributed by atoms with E-state index in [0.717, 1.165) is 43.5 Å². The van der Waals surface area contributed by atoms with Crippen LogP contribution in [0.3, 0.4) is 0 Å². The lowest BCUT2D eigenvalue weighted by Crippen LogP contribution is -2.52. The molecule has 2 saturated carbocycles.